The number of benzene rings is 3. The van der Waals surface area contributed by atoms with Crippen LogP contribution in [0.3, 0.4) is 0 Å². The second-order valence-electron chi connectivity index (χ2n) is 9.42. The third-order valence-electron chi connectivity index (χ3n) is 6.64. The summed E-state index contributed by atoms with van der Waals surface area (Å²) in [7, 11) is 0. The van der Waals surface area contributed by atoms with Crippen molar-refractivity contribution in [1.29, 1.82) is 0 Å². The van der Waals surface area contributed by atoms with E-state index in [1.165, 1.54) is 42.5 Å². The molecule has 2 fully saturated rings. The Morgan fingerprint density at radius 3 is 1.57 bits per heavy atom. The number of amides is 2. The van der Waals surface area contributed by atoms with Gasteiger partial charge in [-0.2, -0.15) is 0 Å². The summed E-state index contributed by atoms with van der Waals surface area (Å²) in [6.07, 6.45) is 1.57. The smallest absolute Gasteiger partial charge is 0.255 e. The third-order valence-corrected chi connectivity index (χ3v) is 6.64. The molecule has 192 valence electrons. The summed E-state index contributed by atoms with van der Waals surface area (Å²) in [6.45, 7) is 2.24. The fourth-order valence-electron chi connectivity index (χ4n) is 4.76. The fourth-order valence-corrected chi connectivity index (χ4v) is 4.76. The molecule has 0 radical (unpaired) electrons. The van der Waals surface area contributed by atoms with Gasteiger partial charge in [-0.1, -0.05) is 0 Å². The minimum Gasteiger partial charge on any atom is -0.399 e. The molecule has 2 heterocycles. The molecular weight excluding hydrogens is 480 g/mol. The molecule has 7 nitrogen and oxygen atoms in total. The predicted octanol–water partition coefficient (Wildman–Crippen LogP) is 5.06. The lowest BCUT2D eigenvalue weighted by Gasteiger charge is -2.13. The summed E-state index contributed by atoms with van der Waals surface area (Å²) in [4.78, 5) is 25.9. The number of halogens is 2. The zero-order valence-electron chi connectivity index (χ0n) is 20.1. The highest BCUT2D eigenvalue weighted by Crippen LogP contribution is 2.30. The molecule has 2 atom stereocenters. The van der Waals surface area contributed by atoms with Crippen molar-refractivity contribution < 1.29 is 27.8 Å². The number of anilines is 3. The van der Waals surface area contributed by atoms with Crippen LogP contribution in [0.5, 0.6) is 0 Å². The van der Waals surface area contributed by atoms with Gasteiger partial charge >= 0.3 is 0 Å². The largest absolute Gasteiger partial charge is 0.399 e. The van der Waals surface area contributed by atoms with Crippen LogP contribution < -0.4 is 16.4 Å². The van der Waals surface area contributed by atoms with Crippen LogP contribution in [0.15, 0.2) is 54.6 Å². The standard InChI is InChI=1S/C28H27F2N3O4/c29-22-6-18(16-1-3-36-14-16)10-25(12-22)32-27(34)20-5-21(9-24(31)8-20)28(35)33-26-11-19(7-23(30)13-26)17-2-4-37-15-17/h5-13,16-17H,1-4,14-15,31H2,(H,32,34)(H,33,35). The molecule has 0 aromatic heterocycles. The molecule has 0 aliphatic carbocycles. The van der Waals surface area contributed by atoms with Crippen molar-refractivity contribution in [3.63, 3.8) is 0 Å². The lowest BCUT2D eigenvalue weighted by molar-refractivity contribution is 0.102. The maximum atomic E-state index is 14.2. The number of nitrogens with one attached hydrogen (secondary N) is 2. The predicted molar refractivity (Wildman–Crippen MR) is 136 cm³/mol. The maximum absolute atomic E-state index is 14.2. The van der Waals surface area contributed by atoms with Crippen LogP contribution in [0.2, 0.25) is 0 Å². The minimum atomic E-state index is -0.546. The third kappa shape index (κ3) is 5.95. The van der Waals surface area contributed by atoms with Crippen LogP contribution in [0, 0.1) is 11.6 Å². The number of hydrogen-bond acceptors (Lipinski definition) is 5. The first-order chi connectivity index (χ1) is 17.8. The highest BCUT2D eigenvalue weighted by atomic mass is 19.1. The summed E-state index contributed by atoms with van der Waals surface area (Å²) in [5.41, 5.74) is 8.52. The summed E-state index contributed by atoms with van der Waals surface area (Å²) in [6, 6.07) is 13.0. The Morgan fingerprint density at radius 2 is 1.16 bits per heavy atom. The Labute approximate surface area is 213 Å². The highest BCUT2D eigenvalue weighted by Gasteiger charge is 2.21. The number of carbonyl (C=O) groups is 2. The number of nitrogen functional groups attached to an aromatic ring is 1. The Balaban J connectivity index is 1.33. The van der Waals surface area contributed by atoms with Crippen molar-refractivity contribution >= 4 is 28.9 Å². The molecule has 0 spiro atoms. The number of nitrogens with two attached hydrogens (primary N) is 1. The molecule has 2 aliphatic rings. The van der Waals surface area contributed by atoms with E-state index in [4.69, 9.17) is 15.2 Å². The van der Waals surface area contributed by atoms with E-state index in [1.807, 2.05) is 0 Å². The monoisotopic (exact) mass is 507 g/mol. The Hall–Kier alpha value is -3.82. The zero-order valence-corrected chi connectivity index (χ0v) is 20.1. The van der Waals surface area contributed by atoms with Crippen LogP contribution >= 0.6 is 0 Å². The van der Waals surface area contributed by atoms with Gasteiger partial charge in [-0.15, -0.1) is 0 Å². The highest BCUT2D eigenvalue weighted by molar-refractivity contribution is 6.09. The topological polar surface area (TPSA) is 103 Å². The SMILES string of the molecule is Nc1cc(C(=O)Nc2cc(F)cc(C3CCOC3)c2)cc(C(=O)Nc2cc(F)cc(C3CCOC3)c2)c1. The fraction of sp³-hybridized carbons (Fsp3) is 0.286. The first-order valence-corrected chi connectivity index (χ1v) is 12.1. The van der Waals surface area contributed by atoms with Crippen molar-refractivity contribution in [2.75, 3.05) is 42.8 Å². The van der Waals surface area contributed by atoms with Gasteiger partial charge in [-0.05, 0) is 78.6 Å². The molecule has 37 heavy (non-hydrogen) atoms. The molecule has 4 N–H and O–H groups in total. The van der Waals surface area contributed by atoms with Crippen molar-refractivity contribution in [2.24, 2.45) is 0 Å². The summed E-state index contributed by atoms with van der Waals surface area (Å²) in [5.74, 6) is -1.89. The lowest BCUT2D eigenvalue weighted by Crippen LogP contribution is -2.17. The van der Waals surface area contributed by atoms with Gasteiger partial charge < -0.3 is 25.8 Å². The molecule has 3 aromatic rings. The average Bonchev–Trinajstić information content (AvgIpc) is 3.58. The number of ether oxygens (including phenoxy) is 2. The van der Waals surface area contributed by atoms with E-state index in [1.54, 1.807) is 12.1 Å². The van der Waals surface area contributed by atoms with Gasteiger partial charge in [0.05, 0.1) is 13.2 Å². The van der Waals surface area contributed by atoms with Gasteiger partial charge in [-0.25, -0.2) is 8.78 Å². The Kier molecular flexibility index (Phi) is 7.16. The molecule has 9 heteroatoms. The van der Waals surface area contributed by atoms with Crippen LogP contribution in [0.25, 0.3) is 0 Å². The lowest BCUT2D eigenvalue weighted by atomic mass is 9.97. The average molecular weight is 508 g/mol. The molecule has 2 saturated heterocycles. The number of rotatable bonds is 6. The van der Waals surface area contributed by atoms with E-state index < -0.39 is 23.4 Å². The first-order valence-electron chi connectivity index (χ1n) is 12.1. The second kappa shape index (κ2) is 10.7. The number of carbonyl (C=O) groups excluding carboxylic acids is 2. The van der Waals surface area contributed by atoms with E-state index in [0.29, 0.717) is 37.8 Å². The van der Waals surface area contributed by atoms with E-state index in [0.717, 1.165) is 24.0 Å². The van der Waals surface area contributed by atoms with Crippen molar-refractivity contribution in [2.45, 2.75) is 24.7 Å². The first kappa shape index (κ1) is 24.9. The normalized spacial score (nSPS) is 19.1. The van der Waals surface area contributed by atoms with Crippen molar-refractivity contribution in [1.82, 2.24) is 0 Å². The van der Waals surface area contributed by atoms with E-state index >= 15 is 0 Å². The maximum Gasteiger partial charge on any atom is 0.255 e. The van der Waals surface area contributed by atoms with Gasteiger partial charge in [0.25, 0.3) is 11.8 Å². The molecule has 2 unspecified atom stereocenters. The van der Waals surface area contributed by atoms with Gasteiger partial charge in [0.2, 0.25) is 0 Å². The Bertz CT molecular complexity index is 1240. The Morgan fingerprint density at radius 1 is 0.703 bits per heavy atom. The second-order valence-corrected chi connectivity index (χ2v) is 9.42. The van der Waals surface area contributed by atoms with Gasteiger partial charge in [0.1, 0.15) is 11.6 Å². The van der Waals surface area contributed by atoms with E-state index in [2.05, 4.69) is 10.6 Å². The van der Waals surface area contributed by atoms with Gasteiger partial charge in [-0.3, -0.25) is 9.59 Å². The summed E-state index contributed by atoms with van der Waals surface area (Å²) >= 11 is 0. The molecular formula is C28H27F2N3O4. The summed E-state index contributed by atoms with van der Waals surface area (Å²) < 4.78 is 39.2. The molecule has 2 amide bonds. The van der Waals surface area contributed by atoms with Gasteiger partial charge in [0.15, 0.2) is 0 Å². The van der Waals surface area contributed by atoms with Crippen molar-refractivity contribution in [3.05, 3.63) is 88.5 Å². The van der Waals surface area contributed by atoms with Crippen LogP contribution in [0.4, 0.5) is 25.8 Å². The van der Waals surface area contributed by atoms with Crippen LogP contribution in [-0.4, -0.2) is 38.2 Å². The van der Waals surface area contributed by atoms with Crippen LogP contribution in [0.1, 0.15) is 56.5 Å². The quantitative estimate of drug-likeness (QED) is 0.405. The van der Waals surface area contributed by atoms with E-state index in [9.17, 15) is 18.4 Å². The van der Waals surface area contributed by atoms with Gasteiger partial charge in [0, 0.05) is 53.2 Å². The molecule has 5 rings (SSSR count). The van der Waals surface area contributed by atoms with E-state index in [-0.39, 0.29) is 28.7 Å². The zero-order chi connectivity index (χ0) is 25.9. The molecule has 2 aliphatic heterocycles. The minimum absolute atomic E-state index is 0.0681. The molecule has 0 bridgehead atoms. The van der Waals surface area contributed by atoms with Crippen LogP contribution in [-0.2, 0) is 9.47 Å². The molecule has 3 aromatic carbocycles. The summed E-state index contributed by atoms with van der Waals surface area (Å²) in [5, 5.41) is 5.37. The van der Waals surface area contributed by atoms with Crippen molar-refractivity contribution in [3.8, 4) is 0 Å². The number of hydrogen-bond donors (Lipinski definition) is 3. The molecule has 0 saturated carbocycles.